The van der Waals surface area contributed by atoms with E-state index in [1.165, 1.54) is 23.0 Å². The number of likely N-dealkylation sites (tertiary alicyclic amines) is 1. The first-order valence-corrected chi connectivity index (χ1v) is 8.51. The van der Waals surface area contributed by atoms with E-state index in [1.54, 1.807) is 12.3 Å². The summed E-state index contributed by atoms with van der Waals surface area (Å²) in [7, 11) is 0. The molecule has 1 unspecified atom stereocenters. The van der Waals surface area contributed by atoms with Crippen LogP contribution in [0.15, 0.2) is 41.3 Å². The van der Waals surface area contributed by atoms with Crippen LogP contribution in [0.1, 0.15) is 18.4 Å². The maximum Gasteiger partial charge on any atom is 0.354 e. The average molecular weight is 325 g/mol. The number of nitrogens with zero attached hydrogens (tertiary/aromatic N) is 3. The van der Waals surface area contributed by atoms with Gasteiger partial charge in [0, 0.05) is 31.9 Å². The molecule has 4 N–H and O–H groups in total. The number of hydrogen-bond acceptors (Lipinski definition) is 5. The summed E-state index contributed by atoms with van der Waals surface area (Å²) in [6, 6.07) is 10.1. The topological polar surface area (TPSA) is 90.2 Å². The number of anilines is 1. The Balaban J connectivity index is 1.44. The third kappa shape index (κ3) is 2.95. The summed E-state index contributed by atoms with van der Waals surface area (Å²) in [5.74, 6) is 1.80. The number of aromatic nitrogens is 2. The van der Waals surface area contributed by atoms with E-state index < -0.39 is 0 Å². The van der Waals surface area contributed by atoms with E-state index in [2.05, 4.69) is 22.0 Å². The van der Waals surface area contributed by atoms with Gasteiger partial charge in [0.2, 0.25) is 0 Å². The maximum atomic E-state index is 11.9. The number of fused-ring (bicyclic) bond motifs is 1. The van der Waals surface area contributed by atoms with E-state index in [-0.39, 0.29) is 11.5 Å². The molecule has 0 bridgehead atoms. The molecule has 24 heavy (non-hydrogen) atoms. The lowest BCUT2D eigenvalue weighted by atomic mass is 10.0. The molecule has 6 nitrogen and oxygen atoms in total. The minimum absolute atomic E-state index is 0.243. The summed E-state index contributed by atoms with van der Waals surface area (Å²) in [5.41, 5.74) is 13.3. The molecule has 0 spiro atoms. The summed E-state index contributed by atoms with van der Waals surface area (Å²) in [6.45, 7) is 3.26. The number of benzene rings is 1. The predicted molar refractivity (Wildman–Crippen MR) is 93.7 cm³/mol. The lowest BCUT2D eigenvalue weighted by molar-refractivity contribution is 0.299. The van der Waals surface area contributed by atoms with Gasteiger partial charge >= 0.3 is 5.69 Å². The fourth-order valence-electron chi connectivity index (χ4n) is 4.21. The van der Waals surface area contributed by atoms with E-state index in [0.717, 1.165) is 37.2 Å². The summed E-state index contributed by atoms with van der Waals surface area (Å²) < 4.78 is 1.50. The molecule has 4 rings (SSSR count). The highest BCUT2D eigenvalue weighted by atomic mass is 16.1. The van der Waals surface area contributed by atoms with Crippen LogP contribution in [0.5, 0.6) is 0 Å². The molecule has 2 aromatic rings. The maximum absolute atomic E-state index is 11.9. The van der Waals surface area contributed by atoms with Crippen molar-refractivity contribution in [3.8, 4) is 5.69 Å². The van der Waals surface area contributed by atoms with E-state index in [9.17, 15) is 4.79 Å². The average Bonchev–Trinajstić information content (AvgIpc) is 3.05. The molecular formula is C18H23N5O. The monoisotopic (exact) mass is 325 g/mol. The molecule has 126 valence electrons. The van der Waals surface area contributed by atoms with Crippen LogP contribution >= 0.6 is 0 Å². The number of hydrogen-bond donors (Lipinski definition) is 2. The molecule has 2 heterocycles. The number of nitrogen functional groups attached to an aromatic ring is 1. The second kappa shape index (κ2) is 6.03. The van der Waals surface area contributed by atoms with Gasteiger partial charge in [0.05, 0.1) is 5.69 Å². The fourth-order valence-corrected chi connectivity index (χ4v) is 4.21. The third-order valence-electron chi connectivity index (χ3n) is 5.31. The van der Waals surface area contributed by atoms with E-state index in [1.807, 2.05) is 12.1 Å². The molecule has 2 fully saturated rings. The fraction of sp³-hybridized carbons (Fsp3) is 0.444. The summed E-state index contributed by atoms with van der Waals surface area (Å²) in [4.78, 5) is 18.2. The summed E-state index contributed by atoms with van der Waals surface area (Å²) in [5, 5.41) is 0. The highest BCUT2D eigenvalue weighted by Gasteiger charge is 2.39. The Labute approximate surface area is 141 Å². The quantitative estimate of drug-likeness (QED) is 0.878. The molecule has 1 saturated heterocycles. The molecule has 3 atom stereocenters. The van der Waals surface area contributed by atoms with Gasteiger partial charge in [-0.15, -0.1) is 0 Å². The zero-order valence-electron chi connectivity index (χ0n) is 13.6. The van der Waals surface area contributed by atoms with E-state index in [4.69, 9.17) is 11.5 Å². The van der Waals surface area contributed by atoms with Crippen LogP contribution < -0.4 is 17.2 Å². The van der Waals surface area contributed by atoms with Crippen LogP contribution in [0.3, 0.4) is 0 Å². The van der Waals surface area contributed by atoms with Crippen molar-refractivity contribution in [3.63, 3.8) is 0 Å². The second-order valence-corrected chi connectivity index (χ2v) is 7.12. The minimum Gasteiger partial charge on any atom is -0.383 e. The van der Waals surface area contributed by atoms with Gasteiger partial charge in [-0.3, -0.25) is 9.47 Å². The van der Waals surface area contributed by atoms with Gasteiger partial charge < -0.3 is 11.5 Å². The van der Waals surface area contributed by atoms with Crippen molar-refractivity contribution in [2.24, 2.45) is 17.6 Å². The Kier molecular flexibility index (Phi) is 3.86. The first-order valence-electron chi connectivity index (χ1n) is 8.51. The first kappa shape index (κ1) is 15.4. The molecule has 1 aliphatic heterocycles. The van der Waals surface area contributed by atoms with E-state index in [0.29, 0.717) is 6.04 Å². The van der Waals surface area contributed by atoms with Crippen molar-refractivity contribution in [3.05, 3.63) is 52.6 Å². The molecule has 0 radical (unpaired) electrons. The van der Waals surface area contributed by atoms with Crippen LogP contribution in [0, 0.1) is 11.8 Å². The molecule has 1 aliphatic carbocycles. The SMILES string of the molecule is Nc1ccn(-c2ccc(CN3C[C@H]4CC(N)C[C@H]4C3)cc2)c(=O)n1. The standard InChI is InChI=1S/C18H23N5O/c19-15-7-13-10-22(11-14(13)8-15)9-12-1-3-16(4-2-12)23-6-5-17(20)21-18(23)24/h1-6,13-15H,7-11,19H2,(H2,20,21,24)/t13-,14+,15?. The van der Waals surface area contributed by atoms with Crippen LogP contribution in [0.4, 0.5) is 5.82 Å². The molecule has 6 heteroatoms. The Morgan fingerprint density at radius 3 is 2.38 bits per heavy atom. The van der Waals surface area contributed by atoms with Gasteiger partial charge in [-0.2, -0.15) is 4.98 Å². The Hall–Kier alpha value is -2.18. The van der Waals surface area contributed by atoms with Crippen LogP contribution in [-0.4, -0.2) is 33.6 Å². The smallest absolute Gasteiger partial charge is 0.354 e. The van der Waals surface area contributed by atoms with Gasteiger partial charge in [0.25, 0.3) is 0 Å². The number of rotatable bonds is 3. The Morgan fingerprint density at radius 2 is 1.75 bits per heavy atom. The molecule has 1 aromatic carbocycles. The highest BCUT2D eigenvalue weighted by Crippen LogP contribution is 2.37. The van der Waals surface area contributed by atoms with E-state index >= 15 is 0 Å². The second-order valence-electron chi connectivity index (χ2n) is 7.12. The lowest BCUT2D eigenvalue weighted by Gasteiger charge is -2.18. The van der Waals surface area contributed by atoms with Gasteiger partial charge in [0.15, 0.2) is 0 Å². The van der Waals surface area contributed by atoms with Crippen molar-refractivity contribution in [1.29, 1.82) is 0 Å². The Morgan fingerprint density at radius 1 is 1.08 bits per heavy atom. The molecule has 1 aromatic heterocycles. The van der Waals surface area contributed by atoms with Crippen LogP contribution in [0.25, 0.3) is 5.69 Å². The third-order valence-corrected chi connectivity index (χ3v) is 5.31. The predicted octanol–water partition coefficient (Wildman–Crippen LogP) is 0.984. The summed E-state index contributed by atoms with van der Waals surface area (Å²) in [6.07, 6.45) is 4.00. The van der Waals surface area contributed by atoms with Crippen molar-refractivity contribution < 1.29 is 0 Å². The normalized spacial score (nSPS) is 26.6. The van der Waals surface area contributed by atoms with Gasteiger partial charge in [-0.1, -0.05) is 12.1 Å². The lowest BCUT2D eigenvalue weighted by Crippen LogP contribution is -2.25. The zero-order valence-corrected chi connectivity index (χ0v) is 13.6. The van der Waals surface area contributed by atoms with Crippen molar-refractivity contribution in [1.82, 2.24) is 14.5 Å². The molecular weight excluding hydrogens is 302 g/mol. The van der Waals surface area contributed by atoms with Gasteiger partial charge in [-0.05, 0) is 48.4 Å². The van der Waals surface area contributed by atoms with Gasteiger partial charge in [0.1, 0.15) is 5.82 Å². The molecule has 2 aliphatic rings. The zero-order chi connectivity index (χ0) is 16.7. The van der Waals surface area contributed by atoms with Crippen molar-refractivity contribution >= 4 is 5.82 Å². The highest BCUT2D eigenvalue weighted by molar-refractivity contribution is 5.36. The van der Waals surface area contributed by atoms with Gasteiger partial charge in [-0.25, -0.2) is 4.79 Å². The van der Waals surface area contributed by atoms with Crippen LogP contribution in [0.2, 0.25) is 0 Å². The Bertz CT molecular complexity index is 771. The van der Waals surface area contributed by atoms with Crippen LogP contribution in [-0.2, 0) is 6.54 Å². The van der Waals surface area contributed by atoms with Crippen molar-refractivity contribution in [2.75, 3.05) is 18.8 Å². The van der Waals surface area contributed by atoms with Crippen molar-refractivity contribution in [2.45, 2.75) is 25.4 Å². The molecule has 1 saturated carbocycles. The first-order chi connectivity index (χ1) is 11.6. The summed E-state index contributed by atoms with van der Waals surface area (Å²) >= 11 is 0. The largest absolute Gasteiger partial charge is 0.383 e. The molecule has 0 amide bonds. The minimum atomic E-state index is -0.355. The number of nitrogens with two attached hydrogens (primary N) is 2.